The van der Waals surface area contributed by atoms with Gasteiger partial charge in [-0.05, 0) is 11.2 Å². The molecule has 2 aromatic rings. The van der Waals surface area contributed by atoms with Gasteiger partial charge < -0.3 is 0 Å². The Hall–Kier alpha value is -1.14. The second-order valence-corrected chi connectivity index (χ2v) is 5.34. The Bertz CT molecular complexity index is 600. The van der Waals surface area contributed by atoms with Gasteiger partial charge in [0.25, 0.3) is 5.56 Å². The Morgan fingerprint density at radius 2 is 2.50 bits per heavy atom. The molecular formula is C10H12N3OS2+. The Balaban J connectivity index is 2.82. The fourth-order valence-electron chi connectivity index (χ4n) is 1.46. The number of hydrogen-bond acceptors (Lipinski definition) is 4. The number of nitrogens with zero attached hydrogens (tertiary/aromatic N) is 3. The zero-order valence-corrected chi connectivity index (χ0v) is 10.8. The lowest BCUT2D eigenvalue weighted by molar-refractivity contribution is -0.693. The van der Waals surface area contributed by atoms with Crippen molar-refractivity contribution in [2.75, 3.05) is 6.26 Å². The van der Waals surface area contributed by atoms with Gasteiger partial charge >= 0.3 is 5.65 Å². The van der Waals surface area contributed by atoms with Crippen LogP contribution in [0.15, 0.2) is 28.1 Å². The van der Waals surface area contributed by atoms with Crippen LogP contribution in [0.25, 0.3) is 10.3 Å². The number of rotatable bonds is 3. The highest BCUT2D eigenvalue weighted by Gasteiger charge is 2.21. The van der Waals surface area contributed by atoms with Crippen molar-refractivity contribution >= 4 is 33.4 Å². The molecule has 4 nitrogen and oxygen atoms in total. The molecule has 0 bridgehead atoms. The van der Waals surface area contributed by atoms with Crippen molar-refractivity contribution in [2.45, 2.75) is 10.9 Å². The molecular weight excluding hydrogens is 242 g/mol. The Labute approximate surface area is 101 Å². The molecule has 0 saturated carbocycles. The summed E-state index contributed by atoms with van der Waals surface area (Å²) < 4.78 is 5.29. The molecule has 0 fully saturated rings. The molecule has 2 rings (SSSR count). The van der Waals surface area contributed by atoms with Gasteiger partial charge in [-0.25, -0.2) is 4.57 Å². The average Bonchev–Trinajstić information content (AvgIpc) is 2.63. The maximum atomic E-state index is 11.9. The van der Waals surface area contributed by atoms with Gasteiger partial charge in [-0.3, -0.25) is 9.36 Å². The van der Waals surface area contributed by atoms with E-state index in [0.29, 0.717) is 11.2 Å². The van der Waals surface area contributed by atoms with E-state index < -0.39 is 0 Å². The molecule has 0 unspecified atom stereocenters. The summed E-state index contributed by atoms with van der Waals surface area (Å²) in [5.41, 5.74) is 0.755. The molecule has 0 aliphatic heterocycles. The maximum absolute atomic E-state index is 11.9. The molecule has 0 aliphatic rings. The first kappa shape index (κ1) is 11.3. The van der Waals surface area contributed by atoms with Gasteiger partial charge in [0.1, 0.15) is 6.54 Å². The molecule has 84 valence electrons. The van der Waals surface area contributed by atoms with Crippen LogP contribution in [0.3, 0.4) is 0 Å². The van der Waals surface area contributed by atoms with Gasteiger partial charge in [0.15, 0.2) is 4.70 Å². The smallest absolute Gasteiger partial charge is 0.280 e. The Morgan fingerprint density at radius 1 is 1.75 bits per heavy atom. The Morgan fingerprint density at radius 3 is 3.12 bits per heavy atom. The van der Waals surface area contributed by atoms with Crippen molar-refractivity contribution in [3.05, 3.63) is 29.3 Å². The molecule has 0 aromatic carbocycles. The second kappa shape index (κ2) is 4.39. The lowest BCUT2D eigenvalue weighted by Gasteiger charge is -1.94. The van der Waals surface area contributed by atoms with Gasteiger partial charge in [0.2, 0.25) is 10.7 Å². The quantitative estimate of drug-likeness (QED) is 0.469. The highest BCUT2D eigenvalue weighted by molar-refractivity contribution is 8.00. The normalized spacial score (nSPS) is 10.9. The molecule has 16 heavy (non-hydrogen) atoms. The summed E-state index contributed by atoms with van der Waals surface area (Å²) in [5, 5.41) is 0. The van der Waals surface area contributed by atoms with Crippen molar-refractivity contribution in [2.24, 2.45) is 7.05 Å². The van der Waals surface area contributed by atoms with Crippen LogP contribution in [0.5, 0.6) is 0 Å². The van der Waals surface area contributed by atoms with E-state index in [9.17, 15) is 4.79 Å². The van der Waals surface area contributed by atoms with Crippen molar-refractivity contribution in [1.29, 1.82) is 0 Å². The maximum Gasteiger partial charge on any atom is 0.349 e. The molecule has 0 spiro atoms. The minimum absolute atomic E-state index is 0.00751. The summed E-state index contributed by atoms with van der Waals surface area (Å²) >= 11 is 3.11. The molecule has 0 N–H and O–H groups in total. The van der Waals surface area contributed by atoms with Gasteiger partial charge in [0, 0.05) is 7.05 Å². The van der Waals surface area contributed by atoms with Gasteiger partial charge in [0.05, 0.1) is 0 Å². The third-order valence-electron chi connectivity index (χ3n) is 2.22. The molecule has 2 aromatic heterocycles. The monoisotopic (exact) mass is 254 g/mol. The third-order valence-corrected chi connectivity index (χ3v) is 4.50. The minimum atomic E-state index is 0.00751. The largest absolute Gasteiger partial charge is 0.349 e. The number of aryl methyl sites for hydroxylation is 1. The van der Waals surface area contributed by atoms with Crippen LogP contribution < -0.4 is 10.1 Å². The number of hydrogen-bond donors (Lipinski definition) is 0. The standard InChI is InChI=1S/C10H12N3OS2/c1-4-5-13-8-7(16-10(13)15-3)9(14)12(2)6-11-8/h4,6H,1,5H2,2-3H3/q+1. The van der Waals surface area contributed by atoms with Crippen LogP contribution in [0.1, 0.15) is 0 Å². The predicted octanol–water partition coefficient (Wildman–Crippen LogP) is 1.19. The van der Waals surface area contributed by atoms with E-state index in [1.165, 1.54) is 15.9 Å². The summed E-state index contributed by atoms with van der Waals surface area (Å²) in [6.07, 6.45) is 5.36. The van der Waals surface area contributed by atoms with Gasteiger partial charge in [-0.1, -0.05) is 35.8 Å². The van der Waals surface area contributed by atoms with E-state index in [4.69, 9.17) is 0 Å². The lowest BCUT2D eigenvalue weighted by atomic mass is 10.5. The van der Waals surface area contributed by atoms with E-state index in [2.05, 4.69) is 11.6 Å². The second-order valence-electron chi connectivity index (χ2n) is 3.28. The topological polar surface area (TPSA) is 38.8 Å². The highest BCUT2D eigenvalue weighted by Crippen LogP contribution is 2.22. The summed E-state index contributed by atoms with van der Waals surface area (Å²) in [6.45, 7) is 4.40. The first-order chi connectivity index (χ1) is 7.69. The lowest BCUT2D eigenvalue weighted by Crippen LogP contribution is -2.35. The third kappa shape index (κ3) is 1.68. The summed E-state index contributed by atoms with van der Waals surface area (Å²) in [5.74, 6) is 0. The molecule has 0 radical (unpaired) electrons. The molecule has 0 saturated heterocycles. The molecule has 0 atom stereocenters. The van der Waals surface area contributed by atoms with E-state index in [0.717, 1.165) is 9.99 Å². The van der Waals surface area contributed by atoms with Crippen LogP contribution in [0.2, 0.25) is 0 Å². The number of aromatic nitrogens is 3. The van der Waals surface area contributed by atoms with Crippen LogP contribution >= 0.6 is 23.1 Å². The van der Waals surface area contributed by atoms with Gasteiger partial charge in [-0.15, -0.1) is 0 Å². The predicted molar refractivity (Wildman–Crippen MR) is 67.0 cm³/mol. The molecule has 0 aliphatic carbocycles. The van der Waals surface area contributed by atoms with Crippen molar-refractivity contribution < 1.29 is 4.57 Å². The molecule has 0 amide bonds. The zero-order valence-electron chi connectivity index (χ0n) is 9.14. The van der Waals surface area contributed by atoms with Crippen LogP contribution in [-0.2, 0) is 13.6 Å². The number of fused-ring (bicyclic) bond motifs is 1. The first-order valence-electron chi connectivity index (χ1n) is 4.72. The first-order valence-corrected chi connectivity index (χ1v) is 6.76. The summed E-state index contributed by atoms with van der Waals surface area (Å²) in [6, 6.07) is 0. The highest BCUT2D eigenvalue weighted by atomic mass is 32.2. The average molecular weight is 254 g/mol. The van der Waals surface area contributed by atoms with E-state index >= 15 is 0 Å². The van der Waals surface area contributed by atoms with E-state index in [1.54, 1.807) is 25.1 Å². The number of thioether (sulfide) groups is 1. The minimum Gasteiger partial charge on any atom is -0.280 e. The number of thiazole rings is 1. The summed E-state index contributed by atoms with van der Waals surface area (Å²) in [7, 11) is 1.71. The fraction of sp³-hybridized carbons (Fsp3) is 0.300. The Kier molecular flexibility index (Phi) is 3.11. The number of allylic oxidation sites excluding steroid dienone is 1. The molecule has 6 heteroatoms. The van der Waals surface area contributed by atoms with Crippen LogP contribution in [0, 0.1) is 0 Å². The van der Waals surface area contributed by atoms with Crippen molar-refractivity contribution in [1.82, 2.24) is 9.55 Å². The van der Waals surface area contributed by atoms with Crippen LogP contribution in [-0.4, -0.2) is 15.8 Å². The van der Waals surface area contributed by atoms with Crippen LogP contribution in [0.4, 0.5) is 0 Å². The van der Waals surface area contributed by atoms with E-state index in [1.807, 2.05) is 16.9 Å². The zero-order chi connectivity index (χ0) is 11.7. The van der Waals surface area contributed by atoms with Gasteiger partial charge in [-0.2, -0.15) is 0 Å². The molecule has 2 heterocycles. The van der Waals surface area contributed by atoms with E-state index in [-0.39, 0.29) is 5.56 Å². The SMILES string of the molecule is C=CC[n+]1c(SC)sc2c(=O)n(C)cnc21. The summed E-state index contributed by atoms with van der Waals surface area (Å²) in [4.78, 5) is 16.2. The van der Waals surface area contributed by atoms with Crippen molar-refractivity contribution in [3.63, 3.8) is 0 Å². The fourth-order valence-corrected chi connectivity index (χ4v) is 3.36. The van der Waals surface area contributed by atoms with Crippen molar-refractivity contribution in [3.8, 4) is 0 Å².